The third-order valence-electron chi connectivity index (χ3n) is 7.90. The lowest BCUT2D eigenvalue weighted by Gasteiger charge is -2.40. The van der Waals surface area contributed by atoms with Gasteiger partial charge in [0.15, 0.2) is 0 Å². The van der Waals surface area contributed by atoms with Crippen molar-refractivity contribution in [1.82, 2.24) is 0 Å². The van der Waals surface area contributed by atoms with Crippen LogP contribution in [0, 0.1) is 5.92 Å². The van der Waals surface area contributed by atoms with E-state index in [-0.39, 0.29) is 22.8 Å². The predicted molar refractivity (Wildman–Crippen MR) is 144 cm³/mol. The van der Waals surface area contributed by atoms with E-state index in [0.717, 1.165) is 24.0 Å². The van der Waals surface area contributed by atoms with Crippen molar-refractivity contribution in [2.75, 3.05) is 0 Å². The standard InChI is InChI=1S/C33H28O2/c1-33(28-10-14-31(34)15-11-28,29-12-16-32(35)17-13-29)30(20-22-2-4-24-6-8-26(24)18-22)21-23-3-5-25-7-9-27(25)19-23/h2-19,30,34-35H,20-21H2,1H3. The third-order valence-corrected chi connectivity index (χ3v) is 7.90. The molecule has 0 aliphatic heterocycles. The summed E-state index contributed by atoms with van der Waals surface area (Å²) in [6.45, 7) is 2.30. The fraction of sp³-hybridized carbons (Fsp3) is 0.152. The minimum atomic E-state index is -0.348. The van der Waals surface area contributed by atoms with E-state index in [1.165, 1.54) is 33.4 Å². The first kappa shape index (κ1) is 21.5. The Hall–Kier alpha value is -4.04. The molecular formula is C33H28O2. The second kappa shape index (κ2) is 8.32. The smallest absolute Gasteiger partial charge is 0.115 e. The van der Waals surface area contributed by atoms with E-state index in [1.54, 1.807) is 24.3 Å². The van der Waals surface area contributed by atoms with Crippen LogP contribution in [0.5, 0.6) is 11.5 Å². The number of benzene rings is 4. The molecule has 0 saturated carbocycles. The van der Waals surface area contributed by atoms with Crippen LogP contribution >= 0.6 is 0 Å². The largest absolute Gasteiger partial charge is 0.508 e. The molecule has 2 aliphatic carbocycles. The highest BCUT2D eigenvalue weighted by Crippen LogP contribution is 2.44. The molecule has 0 bridgehead atoms. The van der Waals surface area contributed by atoms with Gasteiger partial charge in [-0.1, -0.05) is 91.9 Å². The molecule has 4 aromatic carbocycles. The van der Waals surface area contributed by atoms with Crippen molar-refractivity contribution in [3.8, 4) is 11.5 Å². The van der Waals surface area contributed by atoms with Crippen molar-refractivity contribution in [3.05, 3.63) is 129 Å². The molecule has 0 heterocycles. The van der Waals surface area contributed by atoms with Crippen molar-refractivity contribution in [3.63, 3.8) is 0 Å². The van der Waals surface area contributed by atoms with Gasteiger partial charge in [-0.3, -0.25) is 0 Å². The van der Waals surface area contributed by atoms with E-state index in [1.807, 2.05) is 24.3 Å². The summed E-state index contributed by atoms with van der Waals surface area (Å²) in [6, 6.07) is 28.8. The molecule has 0 aromatic heterocycles. The van der Waals surface area contributed by atoms with Crippen LogP contribution in [0.1, 0.15) is 51.4 Å². The maximum absolute atomic E-state index is 10.0. The van der Waals surface area contributed by atoms with Gasteiger partial charge in [-0.2, -0.15) is 0 Å². The molecule has 0 saturated heterocycles. The number of fused-ring (bicyclic) bond motifs is 2. The van der Waals surface area contributed by atoms with Gasteiger partial charge in [-0.25, -0.2) is 0 Å². The van der Waals surface area contributed by atoms with Gasteiger partial charge < -0.3 is 10.2 Å². The number of phenols is 2. The number of hydrogen-bond acceptors (Lipinski definition) is 2. The molecule has 2 heteroatoms. The maximum Gasteiger partial charge on any atom is 0.115 e. The lowest BCUT2D eigenvalue weighted by molar-refractivity contribution is 0.339. The minimum absolute atomic E-state index is 0.237. The molecule has 0 atom stereocenters. The Morgan fingerprint density at radius 3 is 1.29 bits per heavy atom. The number of phenolic OH excluding ortho intramolecular Hbond substituents is 2. The van der Waals surface area contributed by atoms with Crippen molar-refractivity contribution >= 4 is 24.3 Å². The minimum Gasteiger partial charge on any atom is -0.508 e. The van der Waals surface area contributed by atoms with Gasteiger partial charge in [0.25, 0.3) is 0 Å². The Balaban J connectivity index is 1.47. The first-order valence-electron chi connectivity index (χ1n) is 12.2. The molecule has 6 rings (SSSR count). The first-order chi connectivity index (χ1) is 17.0. The van der Waals surface area contributed by atoms with Gasteiger partial charge in [0, 0.05) is 5.41 Å². The van der Waals surface area contributed by atoms with E-state index in [0.29, 0.717) is 0 Å². The highest BCUT2D eigenvalue weighted by molar-refractivity contribution is 5.86. The van der Waals surface area contributed by atoms with Crippen molar-refractivity contribution < 1.29 is 10.2 Å². The highest BCUT2D eigenvalue weighted by Gasteiger charge is 2.38. The summed E-state index contributed by atoms with van der Waals surface area (Å²) in [5.41, 5.74) is 9.83. The van der Waals surface area contributed by atoms with Crippen LogP contribution in [-0.2, 0) is 18.3 Å². The Bertz CT molecular complexity index is 1350. The molecule has 2 aliphatic rings. The summed E-state index contributed by atoms with van der Waals surface area (Å²) in [5.74, 6) is 0.768. The van der Waals surface area contributed by atoms with Crippen LogP contribution in [0.25, 0.3) is 24.3 Å². The van der Waals surface area contributed by atoms with Gasteiger partial charge in [-0.15, -0.1) is 0 Å². The number of hydrogen-bond donors (Lipinski definition) is 2. The van der Waals surface area contributed by atoms with Crippen LogP contribution in [0.15, 0.2) is 84.9 Å². The zero-order chi connectivity index (χ0) is 24.0. The van der Waals surface area contributed by atoms with Gasteiger partial charge in [0.1, 0.15) is 11.5 Å². The summed E-state index contributed by atoms with van der Waals surface area (Å²) in [7, 11) is 0. The fourth-order valence-electron chi connectivity index (χ4n) is 5.56. The van der Waals surface area contributed by atoms with Crippen LogP contribution in [-0.4, -0.2) is 10.2 Å². The Kier molecular flexibility index (Phi) is 5.11. The molecule has 172 valence electrons. The molecule has 0 radical (unpaired) electrons. The molecule has 35 heavy (non-hydrogen) atoms. The Labute approximate surface area is 206 Å². The highest BCUT2D eigenvalue weighted by atomic mass is 16.3. The van der Waals surface area contributed by atoms with Gasteiger partial charge in [0.2, 0.25) is 0 Å². The summed E-state index contributed by atoms with van der Waals surface area (Å²) in [4.78, 5) is 0. The van der Waals surface area contributed by atoms with E-state index in [2.05, 4.69) is 67.6 Å². The average molecular weight is 457 g/mol. The van der Waals surface area contributed by atoms with E-state index >= 15 is 0 Å². The van der Waals surface area contributed by atoms with Crippen LogP contribution in [0.3, 0.4) is 0 Å². The van der Waals surface area contributed by atoms with Gasteiger partial charge in [-0.05, 0) is 87.5 Å². The molecule has 2 nitrogen and oxygen atoms in total. The molecule has 0 unspecified atom stereocenters. The molecule has 0 spiro atoms. The third kappa shape index (κ3) is 3.85. The number of rotatable bonds is 7. The summed E-state index contributed by atoms with van der Waals surface area (Å²) in [6.07, 6.45) is 10.5. The normalized spacial score (nSPS) is 13.2. The second-order valence-electron chi connectivity index (χ2n) is 9.99. The molecule has 0 fully saturated rings. The maximum atomic E-state index is 10.0. The van der Waals surface area contributed by atoms with Gasteiger partial charge in [0.05, 0.1) is 0 Å². The Morgan fingerprint density at radius 2 is 0.943 bits per heavy atom. The van der Waals surface area contributed by atoms with Crippen LogP contribution in [0.2, 0.25) is 0 Å². The van der Waals surface area contributed by atoms with E-state index in [9.17, 15) is 10.2 Å². The zero-order valence-electron chi connectivity index (χ0n) is 19.8. The van der Waals surface area contributed by atoms with Crippen LogP contribution < -0.4 is 0 Å². The molecule has 4 aromatic rings. The van der Waals surface area contributed by atoms with E-state index < -0.39 is 0 Å². The zero-order valence-corrected chi connectivity index (χ0v) is 19.8. The monoisotopic (exact) mass is 456 g/mol. The second-order valence-corrected chi connectivity index (χ2v) is 9.99. The Morgan fingerprint density at radius 1 is 0.543 bits per heavy atom. The fourth-order valence-corrected chi connectivity index (χ4v) is 5.56. The molecule has 2 N–H and O–H groups in total. The van der Waals surface area contributed by atoms with Crippen LogP contribution in [0.4, 0.5) is 0 Å². The topological polar surface area (TPSA) is 40.5 Å². The van der Waals surface area contributed by atoms with Gasteiger partial charge >= 0.3 is 0 Å². The lowest BCUT2D eigenvalue weighted by atomic mass is 9.63. The quantitative estimate of drug-likeness (QED) is 0.261. The summed E-state index contributed by atoms with van der Waals surface area (Å²) < 4.78 is 0. The van der Waals surface area contributed by atoms with E-state index in [4.69, 9.17) is 0 Å². The lowest BCUT2D eigenvalue weighted by Crippen LogP contribution is -2.36. The predicted octanol–water partition coefficient (Wildman–Crippen LogP) is 7.47. The first-order valence-corrected chi connectivity index (χ1v) is 12.2. The van der Waals surface area contributed by atoms with Crippen molar-refractivity contribution in [2.45, 2.75) is 25.2 Å². The molecule has 0 amide bonds. The average Bonchev–Trinajstić information content (AvgIpc) is 2.82. The summed E-state index contributed by atoms with van der Waals surface area (Å²) in [5, 5.41) is 20.0. The van der Waals surface area contributed by atoms with Crippen molar-refractivity contribution in [1.29, 1.82) is 0 Å². The van der Waals surface area contributed by atoms with Crippen molar-refractivity contribution in [2.24, 2.45) is 5.92 Å². The molecular weight excluding hydrogens is 428 g/mol. The number of aromatic hydroxyl groups is 2. The SMILES string of the molecule is CC(c1ccc(O)cc1)(c1ccc(O)cc1)C(Cc1ccc2c(c1)C=C2)Cc1ccc2c(c1)C=C2. The summed E-state index contributed by atoms with van der Waals surface area (Å²) >= 11 is 0.